The van der Waals surface area contributed by atoms with E-state index in [0.717, 1.165) is 12.8 Å². The van der Waals surface area contributed by atoms with E-state index in [9.17, 15) is 13.2 Å². The third-order valence-corrected chi connectivity index (χ3v) is 6.75. The molecular formula is C19H21ClN2O5S. The van der Waals surface area contributed by atoms with Crippen LogP contribution in [-0.2, 0) is 10.0 Å². The van der Waals surface area contributed by atoms with Crippen molar-refractivity contribution in [3.8, 4) is 11.5 Å². The summed E-state index contributed by atoms with van der Waals surface area (Å²) < 4.78 is 37.0. The van der Waals surface area contributed by atoms with E-state index in [0.29, 0.717) is 40.9 Å². The molecule has 2 aromatic carbocycles. The van der Waals surface area contributed by atoms with Gasteiger partial charge in [0, 0.05) is 30.8 Å². The number of sulfonamides is 1. The number of methoxy groups -OCH3 is 2. The van der Waals surface area contributed by atoms with Crippen molar-refractivity contribution < 1.29 is 22.7 Å². The third-order valence-electron chi connectivity index (χ3n) is 4.54. The maximum Gasteiger partial charge on any atom is 0.255 e. The number of halogens is 1. The van der Waals surface area contributed by atoms with Crippen molar-refractivity contribution >= 4 is 33.2 Å². The van der Waals surface area contributed by atoms with Gasteiger partial charge in [0.05, 0.1) is 29.8 Å². The molecule has 0 bridgehead atoms. The Kier molecular flexibility index (Phi) is 6.12. The van der Waals surface area contributed by atoms with Gasteiger partial charge >= 0.3 is 0 Å². The summed E-state index contributed by atoms with van der Waals surface area (Å²) >= 11 is 6.07. The number of carbonyl (C=O) groups is 1. The number of ether oxygens (including phenoxy) is 2. The number of hydrogen-bond donors (Lipinski definition) is 1. The average Bonchev–Trinajstić information content (AvgIpc) is 3.24. The van der Waals surface area contributed by atoms with Crippen molar-refractivity contribution in [1.82, 2.24) is 4.31 Å². The van der Waals surface area contributed by atoms with E-state index in [1.807, 2.05) is 0 Å². The Balaban J connectivity index is 1.80. The number of nitrogens with zero attached hydrogens (tertiary/aromatic N) is 1. The second kappa shape index (κ2) is 8.38. The van der Waals surface area contributed by atoms with Crippen molar-refractivity contribution in [2.24, 2.45) is 0 Å². The van der Waals surface area contributed by atoms with Crippen molar-refractivity contribution in [2.45, 2.75) is 17.7 Å². The van der Waals surface area contributed by atoms with Crippen molar-refractivity contribution in [1.29, 1.82) is 0 Å². The number of carbonyl (C=O) groups excluding carboxylic acids is 1. The van der Waals surface area contributed by atoms with Crippen LogP contribution in [0.3, 0.4) is 0 Å². The third kappa shape index (κ3) is 4.09. The SMILES string of the molecule is COc1cc(NC(=O)c2ccc(S(=O)(=O)N3CCCC3)cc2)c(OC)cc1Cl. The maximum absolute atomic E-state index is 12.6. The van der Waals surface area contributed by atoms with Crippen LogP contribution >= 0.6 is 11.6 Å². The maximum atomic E-state index is 12.6. The van der Waals surface area contributed by atoms with Gasteiger partial charge in [-0.1, -0.05) is 11.6 Å². The zero-order chi connectivity index (χ0) is 20.3. The molecule has 7 nitrogen and oxygen atoms in total. The largest absolute Gasteiger partial charge is 0.495 e. The van der Waals surface area contributed by atoms with Crippen LogP contribution in [0.4, 0.5) is 5.69 Å². The van der Waals surface area contributed by atoms with E-state index in [4.69, 9.17) is 21.1 Å². The number of nitrogens with one attached hydrogen (secondary N) is 1. The van der Waals surface area contributed by atoms with E-state index >= 15 is 0 Å². The summed E-state index contributed by atoms with van der Waals surface area (Å²) in [7, 11) is -0.579. The first-order valence-corrected chi connectivity index (χ1v) is 10.5. The van der Waals surface area contributed by atoms with Crippen LogP contribution < -0.4 is 14.8 Å². The van der Waals surface area contributed by atoms with Crippen molar-refractivity contribution in [3.05, 3.63) is 47.0 Å². The van der Waals surface area contributed by atoms with Crippen LogP contribution in [-0.4, -0.2) is 45.9 Å². The molecule has 28 heavy (non-hydrogen) atoms. The van der Waals surface area contributed by atoms with Gasteiger partial charge in [0.2, 0.25) is 10.0 Å². The fraction of sp³-hybridized carbons (Fsp3) is 0.316. The highest BCUT2D eigenvalue weighted by molar-refractivity contribution is 7.89. The lowest BCUT2D eigenvalue weighted by molar-refractivity contribution is 0.102. The van der Waals surface area contributed by atoms with Crippen LogP contribution in [0.15, 0.2) is 41.3 Å². The number of hydrogen-bond acceptors (Lipinski definition) is 5. The first-order valence-electron chi connectivity index (χ1n) is 8.70. The first kappa shape index (κ1) is 20.4. The second-order valence-corrected chi connectivity index (χ2v) is 8.62. The second-order valence-electron chi connectivity index (χ2n) is 6.28. The molecule has 1 N–H and O–H groups in total. The van der Waals surface area contributed by atoms with Gasteiger partial charge in [0.15, 0.2) is 0 Å². The fourth-order valence-electron chi connectivity index (χ4n) is 3.01. The topological polar surface area (TPSA) is 84.9 Å². The Morgan fingerprint density at radius 3 is 2.21 bits per heavy atom. The quantitative estimate of drug-likeness (QED) is 0.768. The summed E-state index contributed by atoms with van der Waals surface area (Å²) in [5.41, 5.74) is 0.707. The molecule has 1 aliphatic rings. The molecule has 0 saturated carbocycles. The normalized spacial score (nSPS) is 14.7. The first-order chi connectivity index (χ1) is 13.4. The highest BCUT2D eigenvalue weighted by atomic mass is 35.5. The van der Waals surface area contributed by atoms with E-state index in [1.165, 1.54) is 42.8 Å². The van der Waals surface area contributed by atoms with Gasteiger partial charge < -0.3 is 14.8 Å². The fourth-order valence-corrected chi connectivity index (χ4v) is 4.76. The Hall–Kier alpha value is -2.29. The molecule has 1 amide bonds. The number of rotatable bonds is 6. The molecule has 0 atom stereocenters. The lowest BCUT2D eigenvalue weighted by atomic mass is 10.2. The van der Waals surface area contributed by atoms with Gasteiger partial charge in [-0.25, -0.2) is 8.42 Å². The lowest BCUT2D eigenvalue weighted by Crippen LogP contribution is -2.27. The molecule has 1 aliphatic heterocycles. The summed E-state index contributed by atoms with van der Waals surface area (Å²) in [5, 5.41) is 3.09. The molecule has 0 radical (unpaired) electrons. The van der Waals surface area contributed by atoms with E-state index < -0.39 is 15.9 Å². The standard InChI is InChI=1S/C19H21ClN2O5S/c1-26-17-12-16(18(27-2)11-15(17)20)21-19(23)13-5-7-14(8-6-13)28(24,25)22-9-3-4-10-22/h5-8,11-12H,3-4,9-10H2,1-2H3,(H,21,23). The molecule has 0 unspecified atom stereocenters. The zero-order valence-corrected chi connectivity index (χ0v) is 17.1. The molecule has 1 saturated heterocycles. The minimum absolute atomic E-state index is 0.177. The number of benzene rings is 2. The van der Waals surface area contributed by atoms with Crippen molar-refractivity contribution in [2.75, 3.05) is 32.6 Å². The number of amides is 1. The smallest absolute Gasteiger partial charge is 0.255 e. The van der Waals surface area contributed by atoms with Gasteiger partial charge in [-0.3, -0.25) is 4.79 Å². The molecule has 0 aromatic heterocycles. The van der Waals surface area contributed by atoms with E-state index in [-0.39, 0.29) is 4.90 Å². The lowest BCUT2D eigenvalue weighted by Gasteiger charge is -2.16. The molecule has 9 heteroatoms. The van der Waals surface area contributed by atoms with Gasteiger partial charge in [0.25, 0.3) is 5.91 Å². The van der Waals surface area contributed by atoms with Crippen LogP contribution in [0.1, 0.15) is 23.2 Å². The molecule has 2 aromatic rings. The summed E-state index contributed by atoms with van der Waals surface area (Å²) in [4.78, 5) is 12.8. The van der Waals surface area contributed by atoms with E-state index in [2.05, 4.69) is 5.32 Å². The zero-order valence-electron chi connectivity index (χ0n) is 15.6. The molecule has 150 valence electrons. The molecular weight excluding hydrogens is 404 g/mol. The monoisotopic (exact) mass is 424 g/mol. The predicted molar refractivity (Wildman–Crippen MR) is 107 cm³/mol. The summed E-state index contributed by atoms with van der Waals surface area (Å²) in [6, 6.07) is 8.97. The van der Waals surface area contributed by atoms with Crippen LogP contribution in [0.25, 0.3) is 0 Å². The molecule has 0 spiro atoms. The number of anilines is 1. The minimum Gasteiger partial charge on any atom is -0.495 e. The summed E-state index contributed by atoms with van der Waals surface area (Å²) in [6.07, 6.45) is 1.73. The van der Waals surface area contributed by atoms with Crippen LogP contribution in [0.2, 0.25) is 5.02 Å². The van der Waals surface area contributed by atoms with Gasteiger partial charge in [-0.2, -0.15) is 4.31 Å². The summed E-state index contributed by atoms with van der Waals surface area (Å²) in [6.45, 7) is 1.06. The Labute approximate surface area is 169 Å². The van der Waals surface area contributed by atoms with Gasteiger partial charge in [-0.05, 0) is 37.1 Å². The van der Waals surface area contributed by atoms with Crippen molar-refractivity contribution in [3.63, 3.8) is 0 Å². The molecule has 1 heterocycles. The van der Waals surface area contributed by atoms with E-state index in [1.54, 1.807) is 12.1 Å². The van der Waals surface area contributed by atoms with Crippen LogP contribution in [0.5, 0.6) is 11.5 Å². The molecule has 1 fully saturated rings. The van der Waals surface area contributed by atoms with Gasteiger partial charge in [-0.15, -0.1) is 0 Å². The Morgan fingerprint density at radius 2 is 1.64 bits per heavy atom. The minimum atomic E-state index is -3.51. The van der Waals surface area contributed by atoms with Gasteiger partial charge in [0.1, 0.15) is 11.5 Å². The predicted octanol–water partition coefficient (Wildman–Crippen LogP) is 3.39. The average molecular weight is 425 g/mol. The Bertz CT molecular complexity index is 971. The highest BCUT2D eigenvalue weighted by Gasteiger charge is 2.27. The summed E-state index contributed by atoms with van der Waals surface area (Å²) in [5.74, 6) is 0.366. The van der Waals surface area contributed by atoms with Crippen LogP contribution in [0, 0.1) is 0 Å². The highest BCUT2D eigenvalue weighted by Crippen LogP contribution is 2.36. The molecule has 0 aliphatic carbocycles. The molecule has 3 rings (SSSR count). The Morgan fingerprint density at radius 1 is 1.04 bits per heavy atom.